The van der Waals surface area contributed by atoms with Gasteiger partial charge in [-0.3, -0.25) is 0 Å². The van der Waals surface area contributed by atoms with E-state index in [0.29, 0.717) is 10.0 Å². The maximum atomic E-state index is 6.10. The van der Waals surface area contributed by atoms with Gasteiger partial charge in [-0.1, -0.05) is 44.0 Å². The van der Waals surface area contributed by atoms with Gasteiger partial charge in [-0.15, -0.1) is 0 Å². The van der Waals surface area contributed by atoms with E-state index in [1.54, 1.807) is 12.1 Å². The average Bonchev–Trinajstić information content (AvgIpc) is 2.06. The number of nitrogens with two attached hydrogens (primary N) is 1. The summed E-state index contributed by atoms with van der Waals surface area (Å²) in [5, 5.41) is 1.35. The van der Waals surface area contributed by atoms with Crippen LogP contribution in [0.2, 0.25) is 10.0 Å². The Hall–Kier alpha value is -0.240. The molecule has 0 saturated carbocycles. The standard InChI is InChI=1S/C11H15Cl2N/c1-11(2,3)10(14)8-6-7(12)4-5-9(8)13/h4-6,10H,14H2,1-3H3/t10-/m1/s1. The number of hydrogen-bond donors (Lipinski definition) is 1. The highest BCUT2D eigenvalue weighted by Crippen LogP contribution is 2.35. The Bertz CT molecular complexity index is 329. The van der Waals surface area contributed by atoms with Crippen molar-refractivity contribution in [2.45, 2.75) is 26.8 Å². The number of rotatable bonds is 1. The summed E-state index contributed by atoms with van der Waals surface area (Å²) in [6, 6.07) is 5.28. The SMILES string of the molecule is CC(C)(C)[C@H](N)c1cc(Cl)ccc1Cl. The smallest absolute Gasteiger partial charge is 0.0454 e. The molecule has 0 fully saturated rings. The van der Waals surface area contributed by atoms with Crippen LogP contribution in [0.1, 0.15) is 32.4 Å². The molecule has 78 valence electrons. The van der Waals surface area contributed by atoms with E-state index in [0.717, 1.165) is 5.56 Å². The van der Waals surface area contributed by atoms with Crippen LogP contribution in [0.25, 0.3) is 0 Å². The van der Waals surface area contributed by atoms with Crippen molar-refractivity contribution in [1.29, 1.82) is 0 Å². The molecule has 1 nitrogen and oxygen atoms in total. The summed E-state index contributed by atoms with van der Waals surface area (Å²) in [5.74, 6) is 0. The molecule has 3 heteroatoms. The van der Waals surface area contributed by atoms with E-state index >= 15 is 0 Å². The molecule has 0 saturated heterocycles. The normalized spacial score (nSPS) is 14.1. The summed E-state index contributed by atoms with van der Waals surface area (Å²) in [6.45, 7) is 6.23. The van der Waals surface area contributed by atoms with Gasteiger partial charge in [0.15, 0.2) is 0 Å². The highest BCUT2D eigenvalue weighted by molar-refractivity contribution is 6.33. The van der Waals surface area contributed by atoms with Crippen LogP contribution in [0.3, 0.4) is 0 Å². The maximum Gasteiger partial charge on any atom is 0.0454 e. The van der Waals surface area contributed by atoms with Crippen molar-refractivity contribution in [2.75, 3.05) is 0 Å². The van der Waals surface area contributed by atoms with Crippen LogP contribution in [0.15, 0.2) is 18.2 Å². The lowest BCUT2D eigenvalue weighted by Crippen LogP contribution is -2.26. The average molecular weight is 232 g/mol. The van der Waals surface area contributed by atoms with Gasteiger partial charge in [-0.25, -0.2) is 0 Å². The second-order valence-corrected chi connectivity index (χ2v) is 5.35. The molecule has 0 aliphatic heterocycles. The molecule has 1 rings (SSSR count). The quantitative estimate of drug-likeness (QED) is 0.776. The fraction of sp³-hybridized carbons (Fsp3) is 0.455. The summed E-state index contributed by atoms with van der Waals surface area (Å²) in [6.07, 6.45) is 0. The second kappa shape index (κ2) is 4.09. The maximum absolute atomic E-state index is 6.10. The third kappa shape index (κ3) is 2.63. The Labute approximate surface area is 95.2 Å². The van der Waals surface area contributed by atoms with Crippen molar-refractivity contribution >= 4 is 23.2 Å². The van der Waals surface area contributed by atoms with E-state index in [1.807, 2.05) is 6.07 Å². The Morgan fingerprint density at radius 1 is 1.21 bits per heavy atom. The molecular formula is C11H15Cl2N. The van der Waals surface area contributed by atoms with Gasteiger partial charge in [0.05, 0.1) is 0 Å². The predicted octanol–water partition coefficient (Wildman–Crippen LogP) is 4.04. The van der Waals surface area contributed by atoms with Crippen molar-refractivity contribution in [3.8, 4) is 0 Å². The van der Waals surface area contributed by atoms with Crippen molar-refractivity contribution in [3.05, 3.63) is 33.8 Å². The molecule has 14 heavy (non-hydrogen) atoms. The molecule has 0 aromatic heterocycles. The minimum Gasteiger partial charge on any atom is -0.323 e. The van der Waals surface area contributed by atoms with Gasteiger partial charge in [0.1, 0.15) is 0 Å². The third-order valence-corrected chi connectivity index (χ3v) is 2.81. The molecule has 2 N–H and O–H groups in total. The monoisotopic (exact) mass is 231 g/mol. The van der Waals surface area contributed by atoms with Gasteiger partial charge in [0.2, 0.25) is 0 Å². The van der Waals surface area contributed by atoms with Crippen LogP contribution in [-0.2, 0) is 0 Å². The molecule has 1 aromatic carbocycles. The van der Waals surface area contributed by atoms with Gasteiger partial charge < -0.3 is 5.73 Å². The largest absolute Gasteiger partial charge is 0.323 e. The van der Waals surface area contributed by atoms with Crippen LogP contribution in [0, 0.1) is 5.41 Å². The van der Waals surface area contributed by atoms with E-state index in [2.05, 4.69) is 20.8 Å². The first kappa shape index (κ1) is 11.8. The lowest BCUT2D eigenvalue weighted by atomic mass is 9.83. The van der Waals surface area contributed by atoms with E-state index < -0.39 is 0 Å². The lowest BCUT2D eigenvalue weighted by molar-refractivity contribution is 0.327. The van der Waals surface area contributed by atoms with E-state index in [9.17, 15) is 0 Å². The van der Waals surface area contributed by atoms with Crippen LogP contribution in [0.5, 0.6) is 0 Å². The zero-order chi connectivity index (χ0) is 10.9. The Balaban J connectivity index is 3.12. The fourth-order valence-corrected chi connectivity index (χ4v) is 1.64. The Morgan fingerprint density at radius 2 is 1.79 bits per heavy atom. The van der Waals surface area contributed by atoms with Gasteiger partial charge >= 0.3 is 0 Å². The van der Waals surface area contributed by atoms with Gasteiger partial charge in [-0.05, 0) is 29.2 Å². The summed E-state index contributed by atoms with van der Waals surface area (Å²) in [7, 11) is 0. The first-order chi connectivity index (χ1) is 6.32. The molecule has 0 aliphatic carbocycles. The third-order valence-electron chi connectivity index (χ3n) is 2.23. The van der Waals surface area contributed by atoms with Crippen LogP contribution >= 0.6 is 23.2 Å². The second-order valence-electron chi connectivity index (χ2n) is 4.51. The van der Waals surface area contributed by atoms with E-state index in [-0.39, 0.29) is 11.5 Å². The fourth-order valence-electron chi connectivity index (χ4n) is 1.22. The van der Waals surface area contributed by atoms with Crippen molar-refractivity contribution < 1.29 is 0 Å². The molecule has 0 heterocycles. The predicted molar refractivity (Wildman–Crippen MR) is 62.8 cm³/mol. The van der Waals surface area contributed by atoms with Crippen LogP contribution in [-0.4, -0.2) is 0 Å². The van der Waals surface area contributed by atoms with E-state index in [4.69, 9.17) is 28.9 Å². The van der Waals surface area contributed by atoms with Crippen LogP contribution < -0.4 is 5.73 Å². The zero-order valence-electron chi connectivity index (χ0n) is 8.64. The van der Waals surface area contributed by atoms with Gasteiger partial charge in [-0.2, -0.15) is 0 Å². The topological polar surface area (TPSA) is 26.0 Å². The molecule has 0 radical (unpaired) electrons. The van der Waals surface area contributed by atoms with Crippen molar-refractivity contribution in [1.82, 2.24) is 0 Å². The Morgan fingerprint density at radius 3 is 2.29 bits per heavy atom. The Kier molecular flexibility index (Phi) is 3.46. The summed E-state index contributed by atoms with van der Waals surface area (Å²) in [5.41, 5.74) is 6.99. The van der Waals surface area contributed by atoms with Crippen molar-refractivity contribution in [3.63, 3.8) is 0 Å². The minimum atomic E-state index is -0.103. The highest BCUT2D eigenvalue weighted by Gasteiger charge is 2.24. The molecule has 0 amide bonds. The first-order valence-corrected chi connectivity index (χ1v) is 5.28. The molecule has 0 unspecified atom stereocenters. The molecule has 0 aliphatic rings. The molecular weight excluding hydrogens is 217 g/mol. The first-order valence-electron chi connectivity index (χ1n) is 4.53. The van der Waals surface area contributed by atoms with Gasteiger partial charge in [0, 0.05) is 16.1 Å². The molecule has 0 bridgehead atoms. The number of benzene rings is 1. The van der Waals surface area contributed by atoms with E-state index in [1.165, 1.54) is 0 Å². The molecule has 0 spiro atoms. The summed E-state index contributed by atoms with van der Waals surface area (Å²) < 4.78 is 0. The number of halogens is 2. The minimum absolute atomic E-state index is 0.0195. The van der Waals surface area contributed by atoms with Crippen molar-refractivity contribution in [2.24, 2.45) is 11.1 Å². The summed E-state index contributed by atoms with van der Waals surface area (Å²) >= 11 is 12.0. The highest BCUT2D eigenvalue weighted by atomic mass is 35.5. The molecule has 1 aromatic rings. The van der Waals surface area contributed by atoms with Crippen LogP contribution in [0.4, 0.5) is 0 Å². The van der Waals surface area contributed by atoms with Gasteiger partial charge in [0.25, 0.3) is 0 Å². The number of hydrogen-bond acceptors (Lipinski definition) is 1. The lowest BCUT2D eigenvalue weighted by Gasteiger charge is -2.28. The molecule has 1 atom stereocenters. The zero-order valence-corrected chi connectivity index (χ0v) is 10.2. The summed E-state index contributed by atoms with van der Waals surface area (Å²) in [4.78, 5) is 0.